The van der Waals surface area contributed by atoms with E-state index in [4.69, 9.17) is 0 Å². The summed E-state index contributed by atoms with van der Waals surface area (Å²) in [6.45, 7) is 0. The van der Waals surface area contributed by atoms with Crippen molar-refractivity contribution in [1.29, 1.82) is 0 Å². The second-order valence-electron chi connectivity index (χ2n) is 2.14. The van der Waals surface area contributed by atoms with Crippen LogP contribution in [0.3, 0.4) is 0 Å². The Balaban J connectivity index is 3.24. The van der Waals surface area contributed by atoms with Crippen LogP contribution in [0.5, 0.6) is 0 Å². The van der Waals surface area contributed by atoms with Crippen LogP contribution in [-0.2, 0) is 6.18 Å². The molecule has 7 heteroatoms. The van der Waals surface area contributed by atoms with Gasteiger partial charge in [-0.25, -0.2) is 4.98 Å². The first kappa shape index (κ1) is 10.1. The Hall–Kier alpha value is -0.980. The lowest BCUT2D eigenvalue weighted by molar-refractivity contribution is -0.141. The van der Waals surface area contributed by atoms with E-state index in [2.05, 4.69) is 9.97 Å². The van der Waals surface area contributed by atoms with Gasteiger partial charge in [-0.2, -0.15) is 13.2 Å². The Labute approximate surface area is 75.4 Å². The van der Waals surface area contributed by atoms with Crippen molar-refractivity contribution in [3.8, 4) is 0 Å². The van der Waals surface area contributed by atoms with E-state index < -0.39 is 17.4 Å². The maximum Gasteiger partial charge on any atom is 0.433 e. The highest BCUT2D eigenvalue weighted by molar-refractivity contribution is 7.98. The zero-order chi connectivity index (χ0) is 10.1. The number of alkyl halides is 3. The molecule has 0 radical (unpaired) electrons. The summed E-state index contributed by atoms with van der Waals surface area (Å²) < 4.78 is 36.2. The molecule has 1 rings (SSSR count). The molecule has 0 aliphatic heterocycles. The molecular weight excluding hydrogens is 205 g/mol. The third-order valence-corrected chi connectivity index (χ3v) is 1.78. The lowest BCUT2D eigenvalue weighted by atomic mass is 10.4. The highest BCUT2D eigenvalue weighted by Gasteiger charge is 2.33. The Kier molecular flexibility index (Phi) is 2.65. The Morgan fingerprint density at radius 1 is 1.54 bits per heavy atom. The minimum atomic E-state index is -4.57. The lowest BCUT2D eigenvalue weighted by Gasteiger charge is -2.05. The Bertz CT molecular complexity index is 360. The van der Waals surface area contributed by atoms with Gasteiger partial charge in [0.25, 0.3) is 5.56 Å². The van der Waals surface area contributed by atoms with Gasteiger partial charge in [-0.05, 0) is 6.26 Å². The Morgan fingerprint density at radius 2 is 2.15 bits per heavy atom. The van der Waals surface area contributed by atoms with Crippen molar-refractivity contribution < 1.29 is 13.2 Å². The van der Waals surface area contributed by atoms with Crippen LogP contribution in [-0.4, -0.2) is 16.2 Å². The zero-order valence-electron chi connectivity index (χ0n) is 6.47. The second kappa shape index (κ2) is 3.41. The minimum absolute atomic E-state index is 0.0418. The molecule has 1 aromatic rings. The van der Waals surface area contributed by atoms with Crippen molar-refractivity contribution >= 4 is 11.8 Å². The molecule has 0 saturated carbocycles. The van der Waals surface area contributed by atoms with Gasteiger partial charge in [0.05, 0.1) is 0 Å². The molecule has 0 amide bonds. The summed E-state index contributed by atoms with van der Waals surface area (Å²) in [5.41, 5.74) is -1.97. The van der Waals surface area contributed by atoms with Gasteiger partial charge in [0, 0.05) is 6.07 Å². The van der Waals surface area contributed by atoms with Crippen molar-refractivity contribution in [3.63, 3.8) is 0 Å². The maximum absolute atomic E-state index is 12.1. The van der Waals surface area contributed by atoms with E-state index in [1.807, 2.05) is 0 Å². The molecule has 0 bridgehead atoms. The first-order chi connectivity index (χ1) is 5.93. The summed E-state index contributed by atoms with van der Waals surface area (Å²) >= 11 is 0.947. The summed E-state index contributed by atoms with van der Waals surface area (Å²) in [5.74, 6) is 0. The largest absolute Gasteiger partial charge is 0.433 e. The number of aromatic amines is 1. The predicted octanol–water partition coefficient (Wildman–Crippen LogP) is 1.51. The van der Waals surface area contributed by atoms with Gasteiger partial charge in [0.1, 0.15) is 0 Å². The molecule has 1 heterocycles. The average Bonchev–Trinajstić information content (AvgIpc) is 2.01. The number of aromatic nitrogens is 2. The molecule has 72 valence electrons. The number of hydrogen-bond donors (Lipinski definition) is 1. The minimum Gasteiger partial charge on any atom is -0.301 e. The molecule has 0 aliphatic carbocycles. The third kappa shape index (κ3) is 2.48. The highest BCUT2D eigenvalue weighted by Crippen LogP contribution is 2.27. The molecule has 0 atom stereocenters. The monoisotopic (exact) mass is 210 g/mol. The van der Waals surface area contributed by atoms with E-state index in [-0.39, 0.29) is 5.16 Å². The molecule has 0 aromatic carbocycles. The molecule has 0 saturated heterocycles. The molecule has 13 heavy (non-hydrogen) atoms. The van der Waals surface area contributed by atoms with Crippen molar-refractivity contribution in [2.24, 2.45) is 0 Å². The predicted molar refractivity (Wildman–Crippen MR) is 41.6 cm³/mol. The van der Waals surface area contributed by atoms with Crippen LogP contribution in [0.15, 0.2) is 16.0 Å². The fourth-order valence-corrected chi connectivity index (χ4v) is 1.07. The molecule has 1 aromatic heterocycles. The molecule has 0 fully saturated rings. The quantitative estimate of drug-likeness (QED) is 0.564. The van der Waals surface area contributed by atoms with Gasteiger partial charge in [0.15, 0.2) is 10.9 Å². The Morgan fingerprint density at radius 3 is 2.62 bits per heavy atom. The van der Waals surface area contributed by atoms with E-state index in [0.717, 1.165) is 11.8 Å². The number of H-pyrrole nitrogens is 1. The van der Waals surface area contributed by atoms with Crippen LogP contribution in [0, 0.1) is 0 Å². The summed E-state index contributed by atoms with van der Waals surface area (Å²) in [6.07, 6.45) is -3.04. The van der Waals surface area contributed by atoms with Crippen LogP contribution >= 0.6 is 11.8 Å². The SMILES string of the molecule is CSc1nc(C(F)(F)F)cc(=O)[nH]1. The fraction of sp³-hybridized carbons (Fsp3) is 0.333. The van der Waals surface area contributed by atoms with Crippen LogP contribution in [0.2, 0.25) is 0 Å². The average molecular weight is 210 g/mol. The van der Waals surface area contributed by atoms with Crippen molar-refractivity contribution in [3.05, 3.63) is 22.1 Å². The van der Waals surface area contributed by atoms with Crippen LogP contribution in [0.4, 0.5) is 13.2 Å². The number of nitrogens with one attached hydrogen (secondary N) is 1. The van der Waals surface area contributed by atoms with Gasteiger partial charge >= 0.3 is 6.18 Å². The van der Waals surface area contributed by atoms with Gasteiger partial charge in [-0.1, -0.05) is 11.8 Å². The first-order valence-electron chi connectivity index (χ1n) is 3.16. The first-order valence-corrected chi connectivity index (χ1v) is 4.38. The molecule has 0 aliphatic rings. The van der Waals surface area contributed by atoms with Gasteiger partial charge in [-0.3, -0.25) is 4.79 Å². The summed E-state index contributed by atoms with van der Waals surface area (Å²) in [4.78, 5) is 16.1. The number of hydrogen-bond acceptors (Lipinski definition) is 3. The van der Waals surface area contributed by atoms with Crippen LogP contribution < -0.4 is 5.56 Å². The summed E-state index contributed by atoms with van der Waals surface area (Å²) in [6, 6.07) is 0.430. The molecule has 0 unspecified atom stereocenters. The van der Waals surface area contributed by atoms with Gasteiger partial charge < -0.3 is 4.98 Å². The number of nitrogens with zero attached hydrogens (tertiary/aromatic N) is 1. The smallest absolute Gasteiger partial charge is 0.301 e. The number of thioether (sulfide) groups is 1. The van der Waals surface area contributed by atoms with Crippen molar-refractivity contribution in [2.75, 3.05) is 6.26 Å². The normalized spacial score (nSPS) is 11.7. The third-order valence-electron chi connectivity index (χ3n) is 1.20. The number of halogens is 3. The maximum atomic E-state index is 12.1. The van der Waals surface area contributed by atoms with Crippen LogP contribution in [0.1, 0.15) is 5.69 Å². The van der Waals surface area contributed by atoms with E-state index in [9.17, 15) is 18.0 Å². The zero-order valence-corrected chi connectivity index (χ0v) is 7.29. The van der Waals surface area contributed by atoms with E-state index in [1.165, 1.54) is 6.26 Å². The topological polar surface area (TPSA) is 45.8 Å². The summed E-state index contributed by atoms with van der Waals surface area (Å²) in [7, 11) is 0. The molecular formula is C6H5F3N2OS. The van der Waals surface area contributed by atoms with E-state index in [1.54, 1.807) is 0 Å². The molecule has 1 N–H and O–H groups in total. The molecule has 0 spiro atoms. The highest BCUT2D eigenvalue weighted by atomic mass is 32.2. The fourth-order valence-electron chi connectivity index (χ4n) is 0.677. The van der Waals surface area contributed by atoms with Gasteiger partial charge in [0.2, 0.25) is 0 Å². The van der Waals surface area contributed by atoms with E-state index >= 15 is 0 Å². The van der Waals surface area contributed by atoms with Gasteiger partial charge in [-0.15, -0.1) is 0 Å². The van der Waals surface area contributed by atoms with Crippen molar-refractivity contribution in [1.82, 2.24) is 9.97 Å². The summed E-state index contributed by atoms with van der Waals surface area (Å²) in [5, 5.41) is -0.0418. The van der Waals surface area contributed by atoms with E-state index in [0.29, 0.717) is 6.07 Å². The van der Waals surface area contributed by atoms with Crippen molar-refractivity contribution in [2.45, 2.75) is 11.3 Å². The number of rotatable bonds is 1. The lowest BCUT2D eigenvalue weighted by Crippen LogP contribution is -2.16. The standard InChI is InChI=1S/C6H5F3N2OS/c1-13-5-10-3(6(7,8)9)2-4(12)11-5/h2H,1H3,(H,10,11,12). The molecule has 3 nitrogen and oxygen atoms in total. The second-order valence-corrected chi connectivity index (χ2v) is 2.93. The van der Waals surface area contributed by atoms with Crippen LogP contribution in [0.25, 0.3) is 0 Å².